The van der Waals surface area contributed by atoms with Gasteiger partial charge in [0.25, 0.3) is 0 Å². The molecule has 2 aromatic rings. The number of hydrogen-bond donors (Lipinski definition) is 3. The lowest BCUT2D eigenvalue weighted by Crippen LogP contribution is -2.19. The van der Waals surface area contributed by atoms with Crippen molar-refractivity contribution in [1.82, 2.24) is 0 Å². The van der Waals surface area contributed by atoms with Gasteiger partial charge in [0.05, 0.1) is 0 Å². The predicted octanol–water partition coefficient (Wildman–Crippen LogP) is 2.80. The van der Waals surface area contributed by atoms with Gasteiger partial charge < -0.3 is 16.4 Å². The van der Waals surface area contributed by atoms with Gasteiger partial charge in [-0.2, -0.15) is 0 Å². The van der Waals surface area contributed by atoms with Crippen molar-refractivity contribution in [2.45, 2.75) is 6.92 Å². The van der Waals surface area contributed by atoms with E-state index in [2.05, 4.69) is 10.6 Å². The monoisotopic (exact) mass is 313 g/mol. The third-order valence-corrected chi connectivity index (χ3v) is 3.16. The normalized spacial score (nSPS) is 9.86. The molecule has 112 valence electrons. The van der Waals surface area contributed by atoms with Crippen molar-refractivity contribution in [2.75, 3.05) is 10.6 Å². The third kappa shape index (κ3) is 4.13. The van der Waals surface area contributed by atoms with Crippen LogP contribution in [-0.2, 0) is 0 Å². The van der Waals surface area contributed by atoms with E-state index >= 15 is 0 Å². The molecule has 5 nitrogen and oxygen atoms in total. The number of thiocarbonyl (C=S) groups is 1. The number of carbonyl (C=O) groups is 2. The van der Waals surface area contributed by atoms with Crippen LogP contribution in [0.4, 0.5) is 11.4 Å². The quantitative estimate of drug-likeness (QED) is 0.597. The summed E-state index contributed by atoms with van der Waals surface area (Å²) in [5, 5.41) is 6.37. The topological polar surface area (TPSA) is 84.2 Å². The highest BCUT2D eigenvalue weighted by Crippen LogP contribution is 2.13. The van der Waals surface area contributed by atoms with E-state index in [-0.39, 0.29) is 5.78 Å². The van der Waals surface area contributed by atoms with Crippen molar-refractivity contribution < 1.29 is 9.59 Å². The average Bonchev–Trinajstić information content (AvgIpc) is 2.47. The van der Waals surface area contributed by atoms with Crippen LogP contribution in [0, 0.1) is 0 Å². The molecule has 4 N–H and O–H groups in total. The van der Waals surface area contributed by atoms with Gasteiger partial charge >= 0.3 is 0 Å². The molecule has 2 rings (SSSR count). The number of nitrogens with one attached hydrogen (secondary N) is 2. The Bertz CT molecular complexity index is 726. The van der Waals surface area contributed by atoms with Crippen LogP contribution in [-0.4, -0.2) is 16.8 Å². The van der Waals surface area contributed by atoms with Crippen LogP contribution in [0.25, 0.3) is 0 Å². The summed E-state index contributed by atoms with van der Waals surface area (Å²) in [5.74, 6) is -0.488. The maximum absolute atomic E-state index is 11.3. The Morgan fingerprint density at radius 2 is 1.59 bits per heavy atom. The largest absolute Gasteiger partial charge is 0.366 e. The Balaban J connectivity index is 2.02. The molecule has 0 aliphatic heterocycles. The fourth-order valence-electron chi connectivity index (χ4n) is 1.83. The molecule has 0 saturated carbocycles. The number of nitrogens with two attached hydrogens (primary N) is 1. The van der Waals surface area contributed by atoms with Crippen molar-refractivity contribution in [3.63, 3.8) is 0 Å². The zero-order chi connectivity index (χ0) is 16.1. The van der Waals surface area contributed by atoms with E-state index in [0.29, 0.717) is 16.2 Å². The van der Waals surface area contributed by atoms with Crippen LogP contribution in [0.5, 0.6) is 0 Å². The summed E-state index contributed by atoms with van der Waals surface area (Å²) in [7, 11) is 0. The van der Waals surface area contributed by atoms with E-state index in [9.17, 15) is 9.59 Å². The molecule has 0 aromatic heterocycles. The molecule has 2 aromatic carbocycles. The molecule has 0 aliphatic rings. The summed E-state index contributed by atoms with van der Waals surface area (Å²) < 4.78 is 0. The Kier molecular flexibility index (Phi) is 4.85. The molecule has 0 unspecified atom stereocenters. The second-order valence-electron chi connectivity index (χ2n) is 4.66. The minimum absolute atomic E-state index is 0.00966. The molecule has 0 saturated heterocycles. The molecule has 22 heavy (non-hydrogen) atoms. The van der Waals surface area contributed by atoms with Crippen LogP contribution in [0.15, 0.2) is 48.5 Å². The molecule has 1 amide bonds. The van der Waals surface area contributed by atoms with Gasteiger partial charge in [0, 0.05) is 22.5 Å². The van der Waals surface area contributed by atoms with Crippen molar-refractivity contribution in [3.8, 4) is 0 Å². The van der Waals surface area contributed by atoms with Gasteiger partial charge in [-0.15, -0.1) is 0 Å². The zero-order valence-electron chi connectivity index (χ0n) is 11.9. The SMILES string of the molecule is CC(=O)c1cccc(NC(=S)Nc2ccc(C(N)=O)cc2)c1. The van der Waals surface area contributed by atoms with E-state index in [1.54, 1.807) is 42.5 Å². The van der Waals surface area contributed by atoms with Crippen LogP contribution < -0.4 is 16.4 Å². The van der Waals surface area contributed by atoms with Gasteiger partial charge in [-0.1, -0.05) is 12.1 Å². The van der Waals surface area contributed by atoms with Crippen LogP contribution in [0.3, 0.4) is 0 Å². The Labute approximate surface area is 133 Å². The second kappa shape index (κ2) is 6.82. The van der Waals surface area contributed by atoms with Crippen molar-refractivity contribution in [1.29, 1.82) is 0 Å². The highest BCUT2D eigenvalue weighted by atomic mass is 32.1. The highest BCUT2D eigenvalue weighted by molar-refractivity contribution is 7.80. The Morgan fingerprint density at radius 1 is 0.955 bits per heavy atom. The predicted molar refractivity (Wildman–Crippen MR) is 91.2 cm³/mol. The highest BCUT2D eigenvalue weighted by Gasteiger charge is 2.04. The van der Waals surface area contributed by atoms with Crippen LogP contribution >= 0.6 is 12.2 Å². The standard InChI is InChI=1S/C16H15N3O2S/c1-10(20)12-3-2-4-14(9-12)19-16(22)18-13-7-5-11(6-8-13)15(17)21/h2-9H,1H3,(H2,17,21)(H2,18,19,22). The lowest BCUT2D eigenvalue weighted by atomic mass is 10.1. The van der Waals surface area contributed by atoms with Gasteiger partial charge in [-0.25, -0.2) is 0 Å². The molecule has 0 heterocycles. The summed E-state index contributed by atoms with van der Waals surface area (Å²) in [5.41, 5.74) is 7.67. The van der Waals surface area contributed by atoms with E-state index in [0.717, 1.165) is 11.4 Å². The molecule has 0 aliphatic carbocycles. The van der Waals surface area contributed by atoms with Gasteiger partial charge in [-0.05, 0) is 55.5 Å². The molecular weight excluding hydrogens is 298 g/mol. The summed E-state index contributed by atoms with van der Waals surface area (Å²) in [6, 6.07) is 13.7. The van der Waals surface area contributed by atoms with Gasteiger partial charge in [-0.3, -0.25) is 9.59 Å². The lowest BCUT2D eigenvalue weighted by Gasteiger charge is -2.11. The fourth-order valence-corrected chi connectivity index (χ4v) is 2.06. The number of primary amides is 1. The maximum Gasteiger partial charge on any atom is 0.248 e. The minimum Gasteiger partial charge on any atom is -0.366 e. The first-order chi connectivity index (χ1) is 10.5. The number of Topliss-reactive ketones (excluding diaryl/α,β-unsaturated/α-hetero) is 1. The van der Waals surface area contributed by atoms with Crippen LogP contribution in [0.2, 0.25) is 0 Å². The summed E-state index contributed by atoms with van der Waals surface area (Å²) in [6.07, 6.45) is 0. The van der Waals surface area contributed by atoms with E-state index in [4.69, 9.17) is 18.0 Å². The summed E-state index contributed by atoms with van der Waals surface area (Å²) >= 11 is 5.21. The maximum atomic E-state index is 11.3. The number of anilines is 2. The Morgan fingerprint density at radius 3 is 2.18 bits per heavy atom. The average molecular weight is 313 g/mol. The molecule has 6 heteroatoms. The number of amides is 1. The van der Waals surface area contributed by atoms with E-state index < -0.39 is 5.91 Å². The van der Waals surface area contributed by atoms with Gasteiger partial charge in [0.2, 0.25) is 5.91 Å². The molecule has 0 spiro atoms. The fraction of sp³-hybridized carbons (Fsp3) is 0.0625. The number of rotatable bonds is 4. The van der Waals surface area contributed by atoms with E-state index in [1.165, 1.54) is 6.92 Å². The summed E-state index contributed by atoms with van der Waals surface area (Å²) in [4.78, 5) is 22.3. The smallest absolute Gasteiger partial charge is 0.248 e. The molecule has 0 atom stereocenters. The first kappa shape index (κ1) is 15.7. The van der Waals surface area contributed by atoms with Gasteiger partial charge in [0.15, 0.2) is 10.9 Å². The first-order valence-corrected chi connectivity index (χ1v) is 6.95. The lowest BCUT2D eigenvalue weighted by molar-refractivity contribution is 0.0996. The first-order valence-electron chi connectivity index (χ1n) is 6.54. The molecule has 0 fully saturated rings. The number of benzene rings is 2. The second-order valence-corrected chi connectivity index (χ2v) is 5.07. The molecule has 0 radical (unpaired) electrons. The zero-order valence-corrected chi connectivity index (χ0v) is 12.7. The number of ketones is 1. The number of carbonyl (C=O) groups excluding carboxylic acids is 2. The van der Waals surface area contributed by atoms with Crippen molar-refractivity contribution >= 4 is 40.4 Å². The molecule has 0 bridgehead atoms. The third-order valence-electron chi connectivity index (χ3n) is 2.95. The molecular formula is C16H15N3O2S. The minimum atomic E-state index is -0.478. The van der Waals surface area contributed by atoms with Crippen molar-refractivity contribution in [3.05, 3.63) is 59.7 Å². The van der Waals surface area contributed by atoms with Crippen LogP contribution in [0.1, 0.15) is 27.6 Å². The van der Waals surface area contributed by atoms with Crippen molar-refractivity contribution in [2.24, 2.45) is 5.73 Å². The Hall–Kier alpha value is -2.73. The number of hydrogen-bond acceptors (Lipinski definition) is 3. The summed E-state index contributed by atoms with van der Waals surface area (Å²) in [6.45, 7) is 1.51. The van der Waals surface area contributed by atoms with E-state index in [1.807, 2.05) is 6.07 Å². The van der Waals surface area contributed by atoms with Gasteiger partial charge in [0.1, 0.15) is 0 Å².